The number of pyridine rings is 2. The van der Waals surface area contributed by atoms with Crippen LogP contribution in [-0.2, 0) is 24.8 Å². The lowest BCUT2D eigenvalue weighted by molar-refractivity contribution is -0.130. The van der Waals surface area contributed by atoms with Crippen LogP contribution in [0.25, 0.3) is 33.3 Å². The summed E-state index contributed by atoms with van der Waals surface area (Å²) in [6.07, 6.45) is 4.97. The first-order valence-corrected chi connectivity index (χ1v) is 10.4. The summed E-state index contributed by atoms with van der Waals surface area (Å²) < 4.78 is 1.92. The molecule has 1 N–H and O–H groups in total. The van der Waals surface area contributed by atoms with E-state index in [9.17, 15) is 4.79 Å². The van der Waals surface area contributed by atoms with Crippen molar-refractivity contribution in [2.45, 2.75) is 19.4 Å². The van der Waals surface area contributed by atoms with Crippen LogP contribution in [0.15, 0.2) is 48.8 Å². The van der Waals surface area contributed by atoms with Crippen molar-refractivity contribution in [1.82, 2.24) is 24.6 Å². The predicted octanol–water partition coefficient (Wildman–Crippen LogP) is 3.64. The fraction of sp³-hybridized carbons (Fsp3) is 0.250. The summed E-state index contributed by atoms with van der Waals surface area (Å²) >= 11 is 0. The second-order valence-corrected chi connectivity index (χ2v) is 7.93. The van der Waals surface area contributed by atoms with Gasteiger partial charge in [0.25, 0.3) is 0 Å². The number of aryl methyl sites for hydroxylation is 1. The van der Waals surface area contributed by atoms with Crippen LogP contribution in [0.1, 0.15) is 17.7 Å². The molecule has 4 aromatic rings. The number of carbonyl (C=O) groups is 1. The number of hydrogen-bond donors (Lipinski definition) is 1. The second-order valence-electron chi connectivity index (χ2n) is 7.93. The van der Waals surface area contributed by atoms with Crippen LogP contribution < -0.4 is 5.32 Å². The van der Waals surface area contributed by atoms with Gasteiger partial charge in [-0.15, -0.1) is 0 Å². The third-order valence-electron chi connectivity index (χ3n) is 6.01. The van der Waals surface area contributed by atoms with Crippen LogP contribution in [0.5, 0.6) is 0 Å². The highest BCUT2D eigenvalue weighted by Gasteiger charge is 2.25. The number of nitrogens with one attached hydrogen (secondary N) is 1. The van der Waals surface area contributed by atoms with E-state index in [1.54, 1.807) is 4.90 Å². The zero-order valence-electron chi connectivity index (χ0n) is 17.9. The fourth-order valence-corrected chi connectivity index (χ4v) is 4.27. The Kier molecular flexibility index (Phi) is 4.66. The summed E-state index contributed by atoms with van der Waals surface area (Å²) in [7, 11) is 5.67. The fourth-order valence-electron chi connectivity index (χ4n) is 4.27. The molecule has 4 heterocycles. The zero-order chi connectivity index (χ0) is 21.5. The highest BCUT2D eigenvalue weighted by Crippen LogP contribution is 2.34. The SMILES string of the molecule is CNc1ccc(-c2cc3cccc(-c4nn(C)c5c4CN(C)C(=O)CC5)c3cn2)cn1. The van der Waals surface area contributed by atoms with Gasteiger partial charge in [-0.05, 0) is 30.0 Å². The minimum atomic E-state index is 0.171. The van der Waals surface area contributed by atoms with Gasteiger partial charge >= 0.3 is 0 Å². The van der Waals surface area contributed by atoms with Gasteiger partial charge in [0.15, 0.2) is 0 Å². The summed E-state index contributed by atoms with van der Waals surface area (Å²) in [5, 5.41) is 10.0. The van der Waals surface area contributed by atoms with Gasteiger partial charge in [-0.3, -0.25) is 14.5 Å². The van der Waals surface area contributed by atoms with E-state index in [0.717, 1.165) is 50.4 Å². The molecule has 0 bridgehead atoms. The predicted molar refractivity (Wildman–Crippen MR) is 122 cm³/mol. The Morgan fingerprint density at radius 1 is 1.03 bits per heavy atom. The third-order valence-corrected chi connectivity index (χ3v) is 6.01. The van der Waals surface area contributed by atoms with Gasteiger partial charge in [0.05, 0.1) is 11.4 Å². The molecule has 0 radical (unpaired) electrons. The Morgan fingerprint density at radius 2 is 1.90 bits per heavy atom. The lowest BCUT2D eigenvalue weighted by Gasteiger charge is -2.15. The van der Waals surface area contributed by atoms with Crippen LogP contribution in [0.2, 0.25) is 0 Å². The smallest absolute Gasteiger partial charge is 0.223 e. The maximum Gasteiger partial charge on any atom is 0.223 e. The van der Waals surface area contributed by atoms with Crippen molar-refractivity contribution in [3.63, 3.8) is 0 Å². The standard InChI is InChI=1S/C24H24N6O/c1-25-22-9-7-16(12-27-22)20-11-15-5-4-6-17(18(15)13-26-20)24-19-14-29(2)23(31)10-8-21(19)30(3)28-24/h4-7,9,11-13H,8,10,14H2,1-3H3,(H,25,27). The molecule has 0 saturated heterocycles. The average Bonchev–Trinajstić information content (AvgIpc) is 3.02. The highest BCUT2D eigenvalue weighted by atomic mass is 16.2. The van der Waals surface area contributed by atoms with Gasteiger partial charge in [-0.1, -0.05) is 18.2 Å². The zero-order valence-corrected chi connectivity index (χ0v) is 17.9. The molecule has 0 fully saturated rings. The summed E-state index contributed by atoms with van der Waals surface area (Å²) in [5.41, 5.74) is 6.08. The minimum absolute atomic E-state index is 0.171. The Bertz CT molecular complexity index is 1290. The Morgan fingerprint density at radius 3 is 2.68 bits per heavy atom. The average molecular weight is 412 g/mol. The molecule has 31 heavy (non-hydrogen) atoms. The van der Waals surface area contributed by atoms with Gasteiger partial charge < -0.3 is 10.2 Å². The van der Waals surface area contributed by atoms with Crippen molar-refractivity contribution < 1.29 is 4.79 Å². The molecule has 1 aliphatic rings. The van der Waals surface area contributed by atoms with E-state index in [1.807, 2.05) is 50.4 Å². The van der Waals surface area contributed by atoms with E-state index in [1.165, 1.54) is 0 Å². The van der Waals surface area contributed by atoms with Crippen LogP contribution in [-0.4, -0.2) is 44.7 Å². The number of anilines is 1. The van der Waals surface area contributed by atoms with E-state index in [0.29, 0.717) is 19.4 Å². The molecule has 0 spiro atoms. The topological polar surface area (TPSA) is 75.9 Å². The number of hydrogen-bond acceptors (Lipinski definition) is 5. The van der Waals surface area contributed by atoms with Crippen LogP contribution >= 0.6 is 0 Å². The maximum atomic E-state index is 12.2. The van der Waals surface area contributed by atoms with Crippen molar-refractivity contribution >= 4 is 22.5 Å². The first kappa shape index (κ1) is 19.2. The van der Waals surface area contributed by atoms with Crippen LogP contribution in [0.4, 0.5) is 5.82 Å². The molecule has 3 aromatic heterocycles. The van der Waals surface area contributed by atoms with E-state index >= 15 is 0 Å². The first-order chi connectivity index (χ1) is 15.0. The van der Waals surface area contributed by atoms with Crippen molar-refractivity contribution in [1.29, 1.82) is 0 Å². The number of aromatic nitrogens is 4. The lowest BCUT2D eigenvalue weighted by Crippen LogP contribution is -2.24. The van der Waals surface area contributed by atoms with Gasteiger partial charge in [-0.2, -0.15) is 5.10 Å². The molecule has 0 saturated carbocycles. The molecule has 156 valence electrons. The van der Waals surface area contributed by atoms with E-state index in [4.69, 9.17) is 10.1 Å². The van der Waals surface area contributed by atoms with Crippen molar-refractivity contribution in [3.8, 4) is 22.5 Å². The van der Waals surface area contributed by atoms with Gasteiger partial charge in [-0.25, -0.2) is 4.98 Å². The number of amides is 1. The molecule has 1 aliphatic heterocycles. The van der Waals surface area contributed by atoms with Crippen LogP contribution in [0, 0.1) is 0 Å². The molecule has 5 rings (SSSR count). The van der Waals surface area contributed by atoms with Crippen molar-refractivity contribution in [2.75, 3.05) is 19.4 Å². The second kappa shape index (κ2) is 7.50. The molecule has 0 unspecified atom stereocenters. The molecule has 0 atom stereocenters. The van der Waals surface area contributed by atoms with E-state index in [-0.39, 0.29) is 5.91 Å². The van der Waals surface area contributed by atoms with Gasteiger partial charge in [0, 0.05) is 74.3 Å². The number of carbonyl (C=O) groups excluding carboxylic acids is 1. The summed E-state index contributed by atoms with van der Waals surface area (Å²) in [5.74, 6) is 0.996. The normalized spacial score (nSPS) is 13.9. The number of nitrogens with zero attached hydrogens (tertiary/aromatic N) is 5. The molecule has 1 aromatic carbocycles. The Labute approximate surface area is 180 Å². The largest absolute Gasteiger partial charge is 0.373 e. The summed E-state index contributed by atoms with van der Waals surface area (Å²) in [6, 6.07) is 12.3. The number of benzene rings is 1. The number of rotatable bonds is 3. The Balaban J connectivity index is 1.61. The molecule has 1 amide bonds. The third kappa shape index (κ3) is 3.32. The van der Waals surface area contributed by atoms with Crippen LogP contribution in [0.3, 0.4) is 0 Å². The van der Waals surface area contributed by atoms with Crippen molar-refractivity contribution in [2.24, 2.45) is 7.05 Å². The number of fused-ring (bicyclic) bond motifs is 2. The minimum Gasteiger partial charge on any atom is -0.373 e. The molecule has 0 aliphatic carbocycles. The summed E-state index contributed by atoms with van der Waals surface area (Å²) in [6.45, 7) is 0.572. The molecular weight excluding hydrogens is 388 g/mol. The Hall–Kier alpha value is -3.74. The quantitative estimate of drug-likeness (QED) is 0.556. The molecule has 7 heteroatoms. The van der Waals surface area contributed by atoms with E-state index in [2.05, 4.69) is 34.6 Å². The summed E-state index contributed by atoms with van der Waals surface area (Å²) in [4.78, 5) is 23.2. The van der Waals surface area contributed by atoms with Gasteiger partial charge in [0.1, 0.15) is 5.82 Å². The lowest BCUT2D eigenvalue weighted by atomic mass is 9.98. The molecular formula is C24H24N6O. The highest BCUT2D eigenvalue weighted by molar-refractivity contribution is 5.97. The van der Waals surface area contributed by atoms with Crippen molar-refractivity contribution in [3.05, 3.63) is 60.0 Å². The van der Waals surface area contributed by atoms with E-state index < -0.39 is 0 Å². The van der Waals surface area contributed by atoms with Gasteiger partial charge in [0.2, 0.25) is 5.91 Å². The molecule has 7 nitrogen and oxygen atoms in total. The monoisotopic (exact) mass is 412 g/mol. The first-order valence-electron chi connectivity index (χ1n) is 10.4. The maximum absolute atomic E-state index is 12.2.